The summed E-state index contributed by atoms with van der Waals surface area (Å²) < 4.78 is 5.73. The molecule has 2 aromatic rings. The Balaban J connectivity index is 1.67. The zero-order chi connectivity index (χ0) is 18.1. The van der Waals surface area contributed by atoms with Gasteiger partial charge in [0.25, 0.3) is 0 Å². The molecule has 0 spiro atoms. The van der Waals surface area contributed by atoms with Crippen molar-refractivity contribution in [3.05, 3.63) is 59.1 Å². The quantitative estimate of drug-likeness (QED) is 0.513. The standard InChI is InChI=1S/C19H23ClN2O2S/c1-14(21)12-19(23)22-13-15-2-6-17(7-3-15)24-10-11-25-18-8-4-16(20)5-9-18/h2-9,14H,10-13,21H2,1H3,(H,22,23). The van der Waals surface area contributed by atoms with E-state index in [9.17, 15) is 4.79 Å². The van der Waals surface area contributed by atoms with Crippen molar-refractivity contribution in [2.75, 3.05) is 12.4 Å². The second kappa shape index (κ2) is 10.3. The predicted molar refractivity (Wildman–Crippen MR) is 104 cm³/mol. The number of ether oxygens (including phenoxy) is 1. The molecule has 1 unspecified atom stereocenters. The Morgan fingerprint density at radius 2 is 1.88 bits per heavy atom. The van der Waals surface area contributed by atoms with E-state index in [0.717, 1.165) is 22.1 Å². The van der Waals surface area contributed by atoms with Crippen molar-refractivity contribution in [2.45, 2.75) is 30.8 Å². The number of nitrogens with two attached hydrogens (primary N) is 1. The van der Waals surface area contributed by atoms with Gasteiger partial charge in [0.15, 0.2) is 0 Å². The second-order valence-electron chi connectivity index (χ2n) is 5.75. The normalized spacial score (nSPS) is 11.8. The highest BCUT2D eigenvalue weighted by molar-refractivity contribution is 7.99. The van der Waals surface area contributed by atoms with Crippen LogP contribution in [0, 0.1) is 0 Å². The van der Waals surface area contributed by atoms with Gasteiger partial charge >= 0.3 is 0 Å². The van der Waals surface area contributed by atoms with Gasteiger partial charge in [0, 0.05) is 34.7 Å². The topological polar surface area (TPSA) is 64.4 Å². The fourth-order valence-electron chi connectivity index (χ4n) is 2.12. The number of rotatable bonds is 9. The van der Waals surface area contributed by atoms with Crippen molar-refractivity contribution in [1.82, 2.24) is 5.32 Å². The van der Waals surface area contributed by atoms with Crippen molar-refractivity contribution >= 4 is 29.3 Å². The molecule has 2 aromatic carbocycles. The molecular formula is C19H23ClN2O2S. The molecule has 4 nitrogen and oxygen atoms in total. The van der Waals surface area contributed by atoms with E-state index in [4.69, 9.17) is 22.1 Å². The summed E-state index contributed by atoms with van der Waals surface area (Å²) in [7, 11) is 0. The summed E-state index contributed by atoms with van der Waals surface area (Å²) in [6.45, 7) is 2.94. The molecule has 2 rings (SSSR count). The lowest BCUT2D eigenvalue weighted by Crippen LogP contribution is -2.29. The fraction of sp³-hybridized carbons (Fsp3) is 0.316. The predicted octanol–water partition coefficient (Wildman–Crippen LogP) is 3.86. The van der Waals surface area contributed by atoms with Crippen LogP contribution in [0.1, 0.15) is 18.9 Å². The lowest BCUT2D eigenvalue weighted by Gasteiger charge is -2.09. The third kappa shape index (κ3) is 7.82. The van der Waals surface area contributed by atoms with Crippen molar-refractivity contribution in [3.8, 4) is 5.75 Å². The van der Waals surface area contributed by atoms with Gasteiger partial charge in [-0.1, -0.05) is 23.7 Å². The maximum absolute atomic E-state index is 11.6. The van der Waals surface area contributed by atoms with Crippen LogP contribution in [0.4, 0.5) is 0 Å². The number of benzene rings is 2. The van der Waals surface area contributed by atoms with E-state index in [1.54, 1.807) is 11.8 Å². The third-order valence-electron chi connectivity index (χ3n) is 3.35. The Morgan fingerprint density at radius 1 is 1.20 bits per heavy atom. The van der Waals surface area contributed by atoms with Gasteiger partial charge in [-0.15, -0.1) is 11.8 Å². The first-order chi connectivity index (χ1) is 12.0. The van der Waals surface area contributed by atoms with E-state index in [2.05, 4.69) is 5.32 Å². The van der Waals surface area contributed by atoms with Gasteiger partial charge in [0.1, 0.15) is 5.75 Å². The summed E-state index contributed by atoms with van der Waals surface area (Å²) in [5.74, 6) is 1.65. The highest BCUT2D eigenvalue weighted by atomic mass is 35.5. The second-order valence-corrected chi connectivity index (χ2v) is 7.36. The van der Waals surface area contributed by atoms with Crippen LogP contribution in [0.3, 0.4) is 0 Å². The SMILES string of the molecule is CC(N)CC(=O)NCc1ccc(OCCSc2ccc(Cl)cc2)cc1. The van der Waals surface area contributed by atoms with E-state index in [1.807, 2.05) is 55.5 Å². The first-order valence-electron chi connectivity index (χ1n) is 8.15. The maximum atomic E-state index is 11.6. The minimum atomic E-state index is -0.124. The van der Waals surface area contributed by atoms with Crippen LogP contribution >= 0.6 is 23.4 Å². The third-order valence-corrected chi connectivity index (χ3v) is 4.58. The van der Waals surface area contributed by atoms with Crippen LogP contribution in [-0.2, 0) is 11.3 Å². The monoisotopic (exact) mass is 378 g/mol. The minimum absolute atomic E-state index is 0.0328. The molecule has 0 aliphatic heterocycles. The molecule has 0 heterocycles. The molecule has 3 N–H and O–H groups in total. The summed E-state index contributed by atoms with van der Waals surface area (Å²) in [5.41, 5.74) is 6.63. The molecule has 0 aromatic heterocycles. The maximum Gasteiger partial charge on any atom is 0.221 e. The van der Waals surface area contributed by atoms with Gasteiger partial charge in [0.2, 0.25) is 5.91 Å². The molecule has 0 saturated heterocycles. The lowest BCUT2D eigenvalue weighted by atomic mass is 10.2. The lowest BCUT2D eigenvalue weighted by molar-refractivity contribution is -0.121. The van der Waals surface area contributed by atoms with Crippen LogP contribution in [0.15, 0.2) is 53.4 Å². The summed E-state index contributed by atoms with van der Waals surface area (Å²) in [6.07, 6.45) is 0.340. The van der Waals surface area contributed by atoms with Crippen LogP contribution in [-0.4, -0.2) is 24.3 Å². The number of carbonyl (C=O) groups is 1. The summed E-state index contributed by atoms with van der Waals surface area (Å²) in [6, 6.07) is 15.4. The molecule has 134 valence electrons. The highest BCUT2D eigenvalue weighted by Crippen LogP contribution is 2.20. The van der Waals surface area contributed by atoms with Gasteiger partial charge in [-0.2, -0.15) is 0 Å². The highest BCUT2D eigenvalue weighted by Gasteiger charge is 2.04. The first-order valence-corrected chi connectivity index (χ1v) is 9.51. The number of amides is 1. The van der Waals surface area contributed by atoms with Gasteiger partial charge < -0.3 is 15.8 Å². The molecule has 0 saturated carbocycles. The molecule has 1 atom stereocenters. The van der Waals surface area contributed by atoms with Gasteiger partial charge in [0.05, 0.1) is 6.61 Å². The zero-order valence-corrected chi connectivity index (χ0v) is 15.8. The molecule has 0 aliphatic rings. The van der Waals surface area contributed by atoms with E-state index >= 15 is 0 Å². The number of hydrogen-bond acceptors (Lipinski definition) is 4. The number of nitrogens with one attached hydrogen (secondary N) is 1. The largest absolute Gasteiger partial charge is 0.493 e. The molecule has 6 heteroatoms. The number of halogens is 1. The van der Waals surface area contributed by atoms with E-state index in [0.29, 0.717) is 19.6 Å². The minimum Gasteiger partial charge on any atom is -0.493 e. The molecule has 0 aliphatic carbocycles. The number of carbonyl (C=O) groups excluding carboxylic acids is 1. The van der Waals surface area contributed by atoms with Gasteiger partial charge in [-0.3, -0.25) is 4.79 Å². The average molecular weight is 379 g/mol. The average Bonchev–Trinajstić information content (AvgIpc) is 2.59. The summed E-state index contributed by atoms with van der Waals surface area (Å²) in [4.78, 5) is 12.8. The molecule has 1 amide bonds. The molecule has 25 heavy (non-hydrogen) atoms. The Bertz CT molecular complexity index is 660. The van der Waals surface area contributed by atoms with Crippen LogP contribution in [0.2, 0.25) is 5.02 Å². The van der Waals surface area contributed by atoms with Crippen LogP contribution in [0.5, 0.6) is 5.75 Å². The first kappa shape index (κ1) is 19.6. The summed E-state index contributed by atoms with van der Waals surface area (Å²) in [5, 5.41) is 3.60. The van der Waals surface area contributed by atoms with E-state index < -0.39 is 0 Å². The molecule has 0 radical (unpaired) electrons. The van der Waals surface area contributed by atoms with Gasteiger partial charge in [-0.25, -0.2) is 0 Å². The molecule has 0 bridgehead atoms. The molecule has 0 fully saturated rings. The molecular weight excluding hydrogens is 356 g/mol. The van der Waals surface area contributed by atoms with Crippen molar-refractivity contribution < 1.29 is 9.53 Å². The van der Waals surface area contributed by atoms with E-state index in [1.165, 1.54) is 4.90 Å². The Hall–Kier alpha value is -1.69. The van der Waals surface area contributed by atoms with E-state index in [-0.39, 0.29) is 11.9 Å². The number of hydrogen-bond donors (Lipinski definition) is 2. The smallest absolute Gasteiger partial charge is 0.221 e. The van der Waals surface area contributed by atoms with Gasteiger partial charge in [-0.05, 0) is 48.9 Å². The summed E-state index contributed by atoms with van der Waals surface area (Å²) >= 11 is 7.59. The van der Waals surface area contributed by atoms with Crippen molar-refractivity contribution in [3.63, 3.8) is 0 Å². The number of thioether (sulfide) groups is 1. The van der Waals surface area contributed by atoms with Crippen LogP contribution < -0.4 is 15.8 Å². The van der Waals surface area contributed by atoms with Crippen molar-refractivity contribution in [2.24, 2.45) is 5.73 Å². The van der Waals surface area contributed by atoms with Crippen molar-refractivity contribution in [1.29, 1.82) is 0 Å². The Morgan fingerprint density at radius 3 is 2.52 bits per heavy atom. The Labute approximate surface area is 158 Å². The van der Waals surface area contributed by atoms with Crippen LogP contribution in [0.25, 0.3) is 0 Å². The zero-order valence-electron chi connectivity index (χ0n) is 14.2. The fourth-order valence-corrected chi connectivity index (χ4v) is 2.98. The Kier molecular flexibility index (Phi) is 8.12.